The zero-order valence-corrected chi connectivity index (χ0v) is 14.7. The van der Waals surface area contributed by atoms with Gasteiger partial charge in [-0.15, -0.1) is 0 Å². The summed E-state index contributed by atoms with van der Waals surface area (Å²) in [5.74, 6) is 0.161. The van der Waals surface area contributed by atoms with E-state index in [-0.39, 0.29) is 11.9 Å². The fourth-order valence-corrected chi connectivity index (χ4v) is 5.67. The molecule has 0 aromatic heterocycles. The molecule has 130 valence electrons. The van der Waals surface area contributed by atoms with E-state index in [1.807, 2.05) is 4.90 Å². The molecule has 5 nitrogen and oxygen atoms in total. The molecule has 24 heavy (non-hydrogen) atoms. The number of rotatable bonds is 3. The molecule has 1 fully saturated rings. The summed E-state index contributed by atoms with van der Waals surface area (Å²) in [7, 11) is -3.49. The lowest BCUT2D eigenvalue weighted by atomic mass is 10.00. The fourth-order valence-electron chi connectivity index (χ4n) is 4.27. The van der Waals surface area contributed by atoms with Crippen molar-refractivity contribution in [1.82, 2.24) is 4.72 Å². The number of sulfonamides is 1. The molecule has 0 bridgehead atoms. The summed E-state index contributed by atoms with van der Waals surface area (Å²) in [4.78, 5) is 14.2. The maximum atomic E-state index is 12.9. The summed E-state index contributed by atoms with van der Waals surface area (Å²) in [5.41, 5.74) is 2.98. The Morgan fingerprint density at radius 2 is 1.62 bits per heavy atom. The number of nitrogens with zero attached hydrogens (tertiary/aromatic N) is 1. The monoisotopic (exact) mass is 348 g/mol. The third-order valence-corrected chi connectivity index (χ3v) is 7.01. The summed E-state index contributed by atoms with van der Waals surface area (Å²) in [6.45, 7) is 0.681. The summed E-state index contributed by atoms with van der Waals surface area (Å²) in [6.07, 6.45) is 8.32. The molecular formula is C18H24N2O3S. The van der Waals surface area contributed by atoms with Crippen molar-refractivity contribution in [1.29, 1.82) is 0 Å². The van der Waals surface area contributed by atoms with E-state index in [4.69, 9.17) is 0 Å². The van der Waals surface area contributed by atoms with Crippen LogP contribution in [0.3, 0.4) is 0 Å². The highest BCUT2D eigenvalue weighted by Crippen LogP contribution is 2.38. The van der Waals surface area contributed by atoms with Crippen LogP contribution in [0, 0.1) is 0 Å². The smallest absolute Gasteiger partial charge is 0.240 e. The second kappa shape index (κ2) is 6.15. The van der Waals surface area contributed by atoms with Gasteiger partial charge in [0.25, 0.3) is 0 Å². The molecule has 1 aromatic carbocycles. The van der Waals surface area contributed by atoms with Crippen LogP contribution in [0.1, 0.15) is 56.1 Å². The molecule has 0 unspecified atom stereocenters. The van der Waals surface area contributed by atoms with Crippen LogP contribution in [0.5, 0.6) is 0 Å². The van der Waals surface area contributed by atoms with E-state index in [2.05, 4.69) is 4.72 Å². The molecule has 1 aromatic rings. The molecule has 1 N–H and O–H groups in total. The van der Waals surface area contributed by atoms with Gasteiger partial charge < -0.3 is 4.90 Å². The number of carbonyl (C=O) groups is 1. The van der Waals surface area contributed by atoms with Gasteiger partial charge >= 0.3 is 0 Å². The number of aryl methyl sites for hydroxylation is 1. The normalized spacial score (nSPS) is 21.7. The van der Waals surface area contributed by atoms with Crippen molar-refractivity contribution in [2.75, 3.05) is 11.4 Å². The van der Waals surface area contributed by atoms with Gasteiger partial charge in [-0.3, -0.25) is 4.79 Å². The number of nitrogens with one attached hydrogen (secondary N) is 1. The van der Waals surface area contributed by atoms with E-state index in [1.165, 1.54) is 12.8 Å². The number of benzene rings is 1. The van der Waals surface area contributed by atoms with Gasteiger partial charge in [0, 0.05) is 19.0 Å². The third-order valence-electron chi connectivity index (χ3n) is 5.51. The van der Waals surface area contributed by atoms with Crippen molar-refractivity contribution in [3.63, 3.8) is 0 Å². The van der Waals surface area contributed by atoms with E-state index in [0.717, 1.165) is 48.9 Å². The van der Waals surface area contributed by atoms with E-state index in [1.54, 1.807) is 12.1 Å². The summed E-state index contributed by atoms with van der Waals surface area (Å²) < 4.78 is 28.6. The van der Waals surface area contributed by atoms with E-state index in [9.17, 15) is 13.2 Å². The Morgan fingerprint density at radius 3 is 2.33 bits per heavy atom. The van der Waals surface area contributed by atoms with Crippen LogP contribution in [0.4, 0.5) is 5.69 Å². The second-order valence-corrected chi connectivity index (χ2v) is 8.91. The van der Waals surface area contributed by atoms with Gasteiger partial charge in [0.15, 0.2) is 0 Å². The average molecular weight is 348 g/mol. The predicted molar refractivity (Wildman–Crippen MR) is 92.6 cm³/mol. The van der Waals surface area contributed by atoms with Crippen LogP contribution >= 0.6 is 0 Å². The van der Waals surface area contributed by atoms with Crippen LogP contribution in [0.2, 0.25) is 0 Å². The highest BCUT2D eigenvalue weighted by molar-refractivity contribution is 7.89. The molecule has 0 radical (unpaired) electrons. The minimum atomic E-state index is -3.49. The SMILES string of the molecule is O=C1CCc2cc(S(=O)(=O)NC3CCCCCC3)cc3c2N1CC3. The van der Waals surface area contributed by atoms with Gasteiger partial charge in [-0.05, 0) is 48.9 Å². The van der Waals surface area contributed by atoms with Crippen LogP contribution in [0.25, 0.3) is 0 Å². The first-order chi connectivity index (χ1) is 11.5. The lowest BCUT2D eigenvalue weighted by Gasteiger charge is -2.26. The van der Waals surface area contributed by atoms with E-state index < -0.39 is 10.0 Å². The van der Waals surface area contributed by atoms with Crippen molar-refractivity contribution in [2.24, 2.45) is 0 Å². The first kappa shape index (κ1) is 16.1. The molecule has 0 spiro atoms. The summed E-state index contributed by atoms with van der Waals surface area (Å²) in [6, 6.07) is 3.61. The van der Waals surface area contributed by atoms with Crippen LogP contribution in [-0.2, 0) is 27.7 Å². The number of anilines is 1. The maximum absolute atomic E-state index is 12.9. The Morgan fingerprint density at radius 1 is 0.958 bits per heavy atom. The predicted octanol–water partition coefficient (Wildman–Crippen LogP) is 2.52. The Hall–Kier alpha value is -1.40. The minimum Gasteiger partial charge on any atom is -0.312 e. The molecule has 1 amide bonds. The second-order valence-electron chi connectivity index (χ2n) is 7.20. The zero-order valence-electron chi connectivity index (χ0n) is 13.9. The molecular weight excluding hydrogens is 324 g/mol. The molecule has 1 saturated carbocycles. The molecule has 0 saturated heterocycles. The van der Waals surface area contributed by atoms with Crippen molar-refractivity contribution in [2.45, 2.75) is 68.7 Å². The molecule has 6 heteroatoms. The summed E-state index contributed by atoms with van der Waals surface area (Å²) in [5, 5.41) is 0. The van der Waals surface area contributed by atoms with Gasteiger partial charge in [-0.1, -0.05) is 25.7 Å². The molecule has 2 heterocycles. The number of hydrogen-bond acceptors (Lipinski definition) is 3. The molecule has 1 aliphatic carbocycles. The quantitative estimate of drug-likeness (QED) is 0.854. The fraction of sp³-hybridized carbons (Fsp3) is 0.611. The molecule has 4 rings (SSSR count). The van der Waals surface area contributed by atoms with Crippen molar-refractivity contribution < 1.29 is 13.2 Å². The topological polar surface area (TPSA) is 66.5 Å². The number of amides is 1. The van der Waals surface area contributed by atoms with Gasteiger partial charge in [-0.2, -0.15) is 0 Å². The standard InChI is InChI=1S/C18H24N2O3S/c21-17-8-7-13-11-16(12-14-9-10-20(17)18(13)14)24(22,23)19-15-5-3-1-2-4-6-15/h11-12,15,19H,1-10H2. The van der Waals surface area contributed by atoms with Crippen molar-refractivity contribution >= 4 is 21.6 Å². The van der Waals surface area contributed by atoms with Gasteiger partial charge in [-0.25, -0.2) is 13.1 Å². The van der Waals surface area contributed by atoms with Crippen molar-refractivity contribution in [3.8, 4) is 0 Å². The Bertz CT molecular complexity index is 765. The van der Waals surface area contributed by atoms with Gasteiger partial charge in [0.2, 0.25) is 15.9 Å². The number of carbonyl (C=O) groups excluding carboxylic acids is 1. The first-order valence-corrected chi connectivity index (χ1v) is 10.5. The summed E-state index contributed by atoms with van der Waals surface area (Å²) >= 11 is 0. The van der Waals surface area contributed by atoms with Gasteiger partial charge in [0.05, 0.1) is 10.6 Å². The Kier molecular flexibility index (Phi) is 4.12. The van der Waals surface area contributed by atoms with Crippen LogP contribution in [-0.4, -0.2) is 26.9 Å². The van der Waals surface area contributed by atoms with Crippen LogP contribution in [0.15, 0.2) is 17.0 Å². The maximum Gasteiger partial charge on any atom is 0.240 e. The number of hydrogen-bond donors (Lipinski definition) is 1. The van der Waals surface area contributed by atoms with Gasteiger partial charge in [0.1, 0.15) is 0 Å². The lowest BCUT2D eigenvalue weighted by molar-refractivity contribution is -0.118. The Labute approximate surface area is 143 Å². The first-order valence-electron chi connectivity index (χ1n) is 9.03. The average Bonchev–Trinajstić information content (AvgIpc) is 2.83. The van der Waals surface area contributed by atoms with Crippen molar-refractivity contribution in [3.05, 3.63) is 23.3 Å². The zero-order chi connectivity index (χ0) is 16.7. The molecule has 3 aliphatic rings. The largest absolute Gasteiger partial charge is 0.312 e. The highest BCUT2D eigenvalue weighted by atomic mass is 32.2. The minimum absolute atomic E-state index is 0.0557. The third kappa shape index (κ3) is 2.86. The van der Waals surface area contributed by atoms with Crippen LogP contribution < -0.4 is 9.62 Å². The molecule has 2 aliphatic heterocycles. The van der Waals surface area contributed by atoms with E-state index >= 15 is 0 Å². The molecule has 0 atom stereocenters. The lowest BCUT2D eigenvalue weighted by Crippen LogP contribution is -2.35. The Balaban J connectivity index is 1.63. The highest BCUT2D eigenvalue weighted by Gasteiger charge is 2.33. The van der Waals surface area contributed by atoms with E-state index in [0.29, 0.717) is 24.3 Å².